The topological polar surface area (TPSA) is 92.7 Å². The van der Waals surface area contributed by atoms with E-state index < -0.39 is 30.7 Å². The van der Waals surface area contributed by atoms with Gasteiger partial charge >= 0.3 is 88.7 Å². The van der Waals surface area contributed by atoms with Crippen LogP contribution in [0.15, 0.2) is 0 Å². The van der Waals surface area contributed by atoms with Gasteiger partial charge in [-0.1, -0.05) is 0 Å². The Hall–Kier alpha value is 1.54. The fourth-order valence-corrected chi connectivity index (χ4v) is 0.609. The summed E-state index contributed by atoms with van der Waals surface area (Å²) in [6.45, 7) is 2.05. The van der Waals surface area contributed by atoms with Crippen molar-refractivity contribution in [2.45, 2.75) is 19.6 Å². The molecule has 1 atom stereocenters. The summed E-state index contributed by atoms with van der Waals surface area (Å²) in [5.74, 6) is -3.31. The third-order valence-electron chi connectivity index (χ3n) is 1.13. The summed E-state index contributed by atoms with van der Waals surface area (Å²) in [5, 5.41) is 10.3. The molecule has 0 aliphatic rings. The second-order valence-electron chi connectivity index (χ2n) is 2.43. The molecule has 0 aliphatic carbocycles. The molecule has 0 saturated carbocycles. The predicted octanol–water partition coefficient (Wildman–Crippen LogP) is -11.1. The summed E-state index contributed by atoms with van der Waals surface area (Å²) in [5.41, 5.74) is -1.71. The van der Waals surface area contributed by atoms with Crippen LogP contribution in [-0.4, -0.2) is 32.9 Å². The van der Waals surface area contributed by atoms with Gasteiger partial charge < -0.3 is 32.8 Å². The predicted molar refractivity (Wildman–Crippen MR) is 43.8 cm³/mol. The van der Waals surface area contributed by atoms with Gasteiger partial charge in [0.15, 0.2) is 0 Å². The molecule has 0 bridgehead atoms. The van der Waals surface area contributed by atoms with E-state index in [1.165, 1.54) is 0 Å². The minimum atomic E-state index is -1.71. The number of carboxylic acids is 1. The first-order valence-corrected chi connectivity index (χ1v) is 3.65. The number of carboxylic acid groups (broad SMARTS) is 1. The zero-order chi connectivity index (χ0) is 11.3. The van der Waals surface area contributed by atoms with Crippen molar-refractivity contribution in [2.75, 3.05) is 0 Å². The maximum Gasteiger partial charge on any atom is 1.00 e. The molecule has 0 spiro atoms. The number of hydrogen-bond donors (Lipinski definition) is 0. The normalized spacial score (nSPS) is 9.88. The minimum absolute atomic E-state index is 0. The molecule has 17 heavy (non-hydrogen) atoms. The smallest absolute Gasteiger partial charge is 0.678 e. The first-order valence-electron chi connectivity index (χ1n) is 3.65. The van der Waals surface area contributed by atoms with E-state index in [0.717, 1.165) is 13.8 Å². The van der Waals surface area contributed by atoms with Crippen LogP contribution in [0, 0.1) is 0 Å². The molecular formula is C6H7B2Na3O6. The summed E-state index contributed by atoms with van der Waals surface area (Å²) < 4.78 is 8.71. The minimum Gasteiger partial charge on any atom is -0.678 e. The van der Waals surface area contributed by atoms with Crippen LogP contribution in [0.25, 0.3) is 0 Å². The summed E-state index contributed by atoms with van der Waals surface area (Å²) in [7, 11) is 3.38. The number of carbonyl (C=O) groups is 3. The van der Waals surface area contributed by atoms with Gasteiger partial charge in [-0.15, -0.1) is 0 Å². The number of carbonyl (C=O) groups excluding carboxylic acids is 3. The van der Waals surface area contributed by atoms with Crippen LogP contribution in [0.1, 0.15) is 13.8 Å². The Morgan fingerprint density at radius 3 is 1.53 bits per heavy atom. The summed E-state index contributed by atoms with van der Waals surface area (Å²) in [6, 6.07) is 0. The Balaban J connectivity index is -0.000000282. The van der Waals surface area contributed by atoms with E-state index in [0.29, 0.717) is 0 Å². The monoisotopic (exact) mass is 266 g/mol. The fourth-order valence-electron chi connectivity index (χ4n) is 0.609. The standard InChI is InChI=1S/C6H8B2O6.3Na/c1-3(9)13-8(14-4(2)10)5(7)6(11)12;;;/h5H,1-2H3,(H,11,12);;;/q-2;3*+1/p-1. The summed E-state index contributed by atoms with van der Waals surface area (Å²) in [4.78, 5) is 31.2. The maximum atomic E-state index is 10.5. The van der Waals surface area contributed by atoms with Crippen molar-refractivity contribution in [2.24, 2.45) is 0 Å². The van der Waals surface area contributed by atoms with Gasteiger partial charge in [-0.25, -0.2) is 0 Å². The molecule has 0 saturated heterocycles. The van der Waals surface area contributed by atoms with Crippen LogP contribution in [0.3, 0.4) is 0 Å². The van der Waals surface area contributed by atoms with Gasteiger partial charge in [0.2, 0.25) is 7.12 Å². The Morgan fingerprint density at radius 1 is 1.06 bits per heavy atom. The van der Waals surface area contributed by atoms with Gasteiger partial charge in [-0.2, -0.15) is 0 Å². The number of aliphatic carboxylic acids is 1. The van der Waals surface area contributed by atoms with E-state index in [1.807, 2.05) is 0 Å². The van der Waals surface area contributed by atoms with Gasteiger partial charge in [0.1, 0.15) is 0 Å². The van der Waals surface area contributed by atoms with Crippen LogP contribution in [0.5, 0.6) is 0 Å². The first-order chi connectivity index (χ1) is 6.34. The van der Waals surface area contributed by atoms with E-state index in [1.54, 1.807) is 0 Å². The second kappa shape index (κ2) is 14.0. The molecule has 6 nitrogen and oxygen atoms in total. The van der Waals surface area contributed by atoms with Crippen molar-refractivity contribution in [3.8, 4) is 0 Å². The third kappa shape index (κ3) is 13.8. The molecule has 4 radical (unpaired) electrons. The fraction of sp³-hybridized carbons (Fsp3) is 0.500. The van der Waals surface area contributed by atoms with Crippen molar-refractivity contribution in [1.29, 1.82) is 0 Å². The van der Waals surface area contributed by atoms with Crippen LogP contribution < -0.4 is 93.8 Å². The molecule has 0 heterocycles. The molecule has 0 N–H and O–H groups in total. The van der Waals surface area contributed by atoms with Crippen LogP contribution in [-0.2, 0) is 23.7 Å². The number of rotatable bonds is 4. The molecule has 0 aliphatic heterocycles. The first kappa shape index (κ1) is 27.0. The van der Waals surface area contributed by atoms with Crippen molar-refractivity contribution < 1.29 is 117 Å². The van der Waals surface area contributed by atoms with Crippen molar-refractivity contribution >= 4 is 32.9 Å². The molecule has 0 rings (SSSR count). The van der Waals surface area contributed by atoms with E-state index in [9.17, 15) is 19.5 Å². The van der Waals surface area contributed by atoms with E-state index in [4.69, 9.17) is 7.85 Å². The number of hydrogen-bond acceptors (Lipinski definition) is 6. The van der Waals surface area contributed by atoms with Gasteiger partial charge in [0.05, 0.1) is 0 Å². The van der Waals surface area contributed by atoms with Crippen LogP contribution in [0.2, 0.25) is 5.72 Å². The van der Waals surface area contributed by atoms with E-state index in [2.05, 4.69) is 9.31 Å². The Kier molecular flexibility index (Phi) is 22.2. The SMILES string of the molecule is [B-]C([B-](OC(C)=O)OC(C)=O)C(=O)[O-].[Na+].[Na+].[Na+]. The molecule has 0 amide bonds. The average Bonchev–Trinajstić information content (AvgIpc) is 1.99. The molecule has 0 fully saturated rings. The summed E-state index contributed by atoms with van der Waals surface area (Å²) >= 11 is 0. The second-order valence-corrected chi connectivity index (χ2v) is 2.43. The van der Waals surface area contributed by atoms with Crippen molar-refractivity contribution in [3.63, 3.8) is 0 Å². The van der Waals surface area contributed by atoms with Crippen molar-refractivity contribution in [3.05, 3.63) is 0 Å². The molecule has 11 heteroatoms. The Morgan fingerprint density at radius 2 is 1.35 bits per heavy atom. The van der Waals surface area contributed by atoms with Gasteiger partial charge in [0, 0.05) is 13.8 Å². The van der Waals surface area contributed by atoms with Gasteiger partial charge in [-0.05, 0) is 5.97 Å². The van der Waals surface area contributed by atoms with E-state index >= 15 is 0 Å². The third-order valence-corrected chi connectivity index (χ3v) is 1.13. The molecule has 1 unspecified atom stereocenters. The largest absolute Gasteiger partial charge is 1.00 e. The van der Waals surface area contributed by atoms with Gasteiger partial charge in [0.25, 0.3) is 11.9 Å². The molecule has 0 aromatic rings. The molecular weight excluding hydrogens is 259 g/mol. The zero-order valence-electron chi connectivity index (χ0n) is 10.7. The van der Waals surface area contributed by atoms with Gasteiger partial charge in [-0.3, -0.25) is 9.59 Å². The Bertz CT molecular complexity index is 248. The van der Waals surface area contributed by atoms with Crippen LogP contribution in [0.4, 0.5) is 0 Å². The van der Waals surface area contributed by atoms with E-state index in [-0.39, 0.29) is 88.7 Å². The molecule has 0 aromatic heterocycles. The summed E-state index contributed by atoms with van der Waals surface area (Å²) in [6.07, 6.45) is 0. The maximum absolute atomic E-state index is 10.5. The molecule has 0 aromatic carbocycles. The quantitative estimate of drug-likeness (QED) is 0.469. The average molecular weight is 266 g/mol. The Labute approximate surface area is 167 Å². The van der Waals surface area contributed by atoms with Crippen LogP contribution >= 0.6 is 0 Å². The zero-order valence-corrected chi connectivity index (χ0v) is 16.7. The van der Waals surface area contributed by atoms with Crippen molar-refractivity contribution in [1.82, 2.24) is 0 Å². The molecule has 76 valence electrons.